The Bertz CT molecular complexity index is 827. The Morgan fingerprint density at radius 2 is 1.67 bits per heavy atom. The van der Waals surface area contributed by atoms with E-state index in [9.17, 15) is 18.0 Å². The second-order valence-electron chi connectivity index (χ2n) is 7.98. The highest BCUT2D eigenvalue weighted by Crippen LogP contribution is 2.20. The number of carbonyl (C=O) groups is 2. The third-order valence-corrected chi connectivity index (χ3v) is 6.75. The molecule has 0 unspecified atom stereocenters. The molecule has 1 heterocycles. The zero-order valence-corrected chi connectivity index (χ0v) is 18.3. The molecule has 1 N–H and O–H groups in total. The van der Waals surface area contributed by atoms with E-state index >= 15 is 0 Å². The summed E-state index contributed by atoms with van der Waals surface area (Å²) in [5.41, 5.74) is 0.851. The Hall–Kier alpha value is -2.13. The maximum Gasteiger partial charge on any atom is 0.254 e. The minimum atomic E-state index is -3.65. The maximum atomic E-state index is 12.6. The first-order valence-electron chi connectivity index (χ1n) is 10.6. The first kappa shape index (κ1) is 22.6. The third kappa shape index (κ3) is 6.18. The number of anilines is 1. The Labute approximate surface area is 178 Å². The SMILES string of the molecule is CS(=O)(=O)N(CC(=O)NC1CCCCCC1)c1ccc(C(=O)N2CCOCC2)cc1. The van der Waals surface area contributed by atoms with E-state index in [-0.39, 0.29) is 24.4 Å². The Kier molecular flexibility index (Phi) is 7.71. The number of rotatable bonds is 6. The minimum Gasteiger partial charge on any atom is -0.378 e. The van der Waals surface area contributed by atoms with Crippen molar-refractivity contribution in [2.24, 2.45) is 0 Å². The number of nitrogens with one attached hydrogen (secondary N) is 1. The molecule has 2 amide bonds. The summed E-state index contributed by atoms with van der Waals surface area (Å²) < 4.78 is 31.0. The Morgan fingerprint density at radius 3 is 2.23 bits per heavy atom. The van der Waals surface area contributed by atoms with Gasteiger partial charge in [-0.15, -0.1) is 0 Å². The second-order valence-corrected chi connectivity index (χ2v) is 9.88. The van der Waals surface area contributed by atoms with E-state index in [1.165, 1.54) is 12.8 Å². The van der Waals surface area contributed by atoms with E-state index in [4.69, 9.17) is 4.74 Å². The van der Waals surface area contributed by atoms with Gasteiger partial charge in [-0.2, -0.15) is 0 Å². The van der Waals surface area contributed by atoms with Crippen molar-refractivity contribution in [3.63, 3.8) is 0 Å². The lowest BCUT2D eigenvalue weighted by molar-refractivity contribution is -0.120. The van der Waals surface area contributed by atoms with Gasteiger partial charge in [0.25, 0.3) is 5.91 Å². The molecular weight excluding hydrogens is 406 g/mol. The topological polar surface area (TPSA) is 96.0 Å². The van der Waals surface area contributed by atoms with Gasteiger partial charge in [0.2, 0.25) is 15.9 Å². The van der Waals surface area contributed by atoms with Crippen molar-refractivity contribution in [3.8, 4) is 0 Å². The van der Waals surface area contributed by atoms with E-state index < -0.39 is 10.0 Å². The lowest BCUT2D eigenvalue weighted by atomic mass is 10.1. The Morgan fingerprint density at radius 1 is 1.07 bits per heavy atom. The van der Waals surface area contributed by atoms with Crippen molar-refractivity contribution in [1.29, 1.82) is 0 Å². The monoisotopic (exact) mass is 437 g/mol. The molecule has 0 spiro atoms. The zero-order chi connectivity index (χ0) is 21.6. The summed E-state index contributed by atoms with van der Waals surface area (Å²) in [4.78, 5) is 26.8. The molecule has 0 atom stereocenters. The van der Waals surface area contributed by atoms with Crippen molar-refractivity contribution < 1.29 is 22.7 Å². The van der Waals surface area contributed by atoms with E-state index in [0.717, 1.165) is 36.2 Å². The lowest BCUT2D eigenvalue weighted by Gasteiger charge is -2.27. The summed E-state index contributed by atoms with van der Waals surface area (Å²) in [5.74, 6) is -0.414. The van der Waals surface area contributed by atoms with Crippen LogP contribution < -0.4 is 9.62 Å². The lowest BCUT2D eigenvalue weighted by Crippen LogP contribution is -2.44. The second kappa shape index (κ2) is 10.3. The number of amides is 2. The van der Waals surface area contributed by atoms with Crippen LogP contribution in [-0.2, 0) is 19.6 Å². The van der Waals surface area contributed by atoms with Crippen LogP contribution in [-0.4, -0.2) is 70.3 Å². The molecule has 2 fully saturated rings. The van der Waals surface area contributed by atoms with E-state index in [2.05, 4.69) is 5.32 Å². The Balaban J connectivity index is 1.67. The predicted octanol–water partition coefficient (Wildman–Crippen LogP) is 1.76. The summed E-state index contributed by atoms with van der Waals surface area (Å²) in [7, 11) is -3.65. The van der Waals surface area contributed by atoms with Crippen molar-refractivity contribution in [3.05, 3.63) is 29.8 Å². The number of sulfonamides is 1. The van der Waals surface area contributed by atoms with Gasteiger partial charge in [0, 0.05) is 24.7 Å². The minimum absolute atomic E-state index is 0.106. The molecule has 9 heteroatoms. The highest BCUT2D eigenvalue weighted by atomic mass is 32.2. The van der Waals surface area contributed by atoms with Crippen LogP contribution in [0.25, 0.3) is 0 Å². The first-order valence-corrected chi connectivity index (χ1v) is 12.4. The van der Waals surface area contributed by atoms with Gasteiger partial charge in [0.15, 0.2) is 0 Å². The van der Waals surface area contributed by atoms with Crippen molar-refractivity contribution in [1.82, 2.24) is 10.2 Å². The van der Waals surface area contributed by atoms with Gasteiger partial charge in [-0.05, 0) is 37.1 Å². The fraction of sp³-hybridized carbons (Fsp3) is 0.619. The number of hydrogen-bond acceptors (Lipinski definition) is 5. The molecule has 0 bridgehead atoms. The van der Waals surface area contributed by atoms with Crippen LogP contribution in [0.1, 0.15) is 48.9 Å². The molecule has 1 saturated heterocycles. The van der Waals surface area contributed by atoms with Gasteiger partial charge >= 0.3 is 0 Å². The van der Waals surface area contributed by atoms with Crippen LogP contribution in [0.4, 0.5) is 5.69 Å². The van der Waals surface area contributed by atoms with Crippen molar-refractivity contribution in [2.45, 2.75) is 44.6 Å². The number of ether oxygens (including phenoxy) is 1. The van der Waals surface area contributed by atoms with Crippen LogP contribution in [0.2, 0.25) is 0 Å². The molecule has 166 valence electrons. The van der Waals surface area contributed by atoms with Crippen molar-refractivity contribution >= 4 is 27.5 Å². The molecule has 1 aromatic rings. The van der Waals surface area contributed by atoms with Crippen molar-refractivity contribution in [2.75, 3.05) is 43.4 Å². The summed E-state index contributed by atoms with van der Waals surface area (Å²) in [6.07, 6.45) is 7.47. The highest BCUT2D eigenvalue weighted by molar-refractivity contribution is 7.92. The standard InChI is InChI=1S/C21H31N3O5S/c1-30(27,28)24(16-20(25)22-18-6-4-2-3-5-7-18)19-10-8-17(9-11-19)21(26)23-12-14-29-15-13-23/h8-11,18H,2-7,12-16H2,1H3,(H,22,25). The normalized spacial score (nSPS) is 18.5. The van der Waals surface area contributed by atoms with Gasteiger partial charge in [0.1, 0.15) is 6.54 Å². The largest absolute Gasteiger partial charge is 0.378 e. The molecule has 1 aliphatic carbocycles. The molecule has 8 nitrogen and oxygen atoms in total. The number of carbonyl (C=O) groups excluding carboxylic acids is 2. The van der Waals surface area contributed by atoms with E-state index in [0.29, 0.717) is 37.6 Å². The molecule has 3 rings (SSSR count). The average Bonchev–Trinajstić information content (AvgIpc) is 3.00. The zero-order valence-electron chi connectivity index (χ0n) is 17.5. The summed E-state index contributed by atoms with van der Waals surface area (Å²) in [5, 5.41) is 2.99. The third-order valence-electron chi connectivity index (χ3n) is 5.61. The van der Waals surface area contributed by atoms with Crippen LogP contribution in [0.15, 0.2) is 24.3 Å². The summed E-state index contributed by atoms with van der Waals surface area (Å²) in [6, 6.07) is 6.47. The molecular formula is C21H31N3O5S. The average molecular weight is 438 g/mol. The molecule has 0 aromatic heterocycles. The van der Waals surface area contributed by atoms with Gasteiger partial charge < -0.3 is 15.0 Å². The molecule has 0 radical (unpaired) electrons. The molecule has 30 heavy (non-hydrogen) atoms. The van der Waals surface area contributed by atoms with Crippen LogP contribution in [0.3, 0.4) is 0 Å². The molecule has 2 aliphatic rings. The van der Waals surface area contributed by atoms with Crippen LogP contribution >= 0.6 is 0 Å². The number of hydrogen-bond donors (Lipinski definition) is 1. The molecule has 1 aliphatic heterocycles. The highest BCUT2D eigenvalue weighted by Gasteiger charge is 2.24. The summed E-state index contributed by atoms with van der Waals surface area (Å²) in [6.45, 7) is 1.84. The number of nitrogens with zero attached hydrogens (tertiary/aromatic N) is 2. The smallest absolute Gasteiger partial charge is 0.254 e. The van der Waals surface area contributed by atoms with E-state index in [1.807, 2.05) is 0 Å². The van der Waals surface area contributed by atoms with Gasteiger partial charge in [-0.25, -0.2) is 8.42 Å². The maximum absolute atomic E-state index is 12.6. The fourth-order valence-electron chi connectivity index (χ4n) is 3.95. The number of benzene rings is 1. The van der Waals surface area contributed by atoms with Gasteiger partial charge in [-0.1, -0.05) is 25.7 Å². The van der Waals surface area contributed by atoms with Crippen LogP contribution in [0.5, 0.6) is 0 Å². The molecule has 1 aromatic carbocycles. The van der Waals surface area contributed by atoms with E-state index in [1.54, 1.807) is 29.2 Å². The number of morpholine rings is 1. The molecule has 1 saturated carbocycles. The first-order chi connectivity index (χ1) is 14.3. The predicted molar refractivity (Wildman–Crippen MR) is 115 cm³/mol. The van der Waals surface area contributed by atoms with Gasteiger partial charge in [-0.3, -0.25) is 13.9 Å². The summed E-state index contributed by atoms with van der Waals surface area (Å²) >= 11 is 0. The van der Waals surface area contributed by atoms with Crippen LogP contribution in [0, 0.1) is 0 Å². The van der Waals surface area contributed by atoms with Gasteiger partial charge in [0.05, 0.1) is 25.2 Å². The quantitative estimate of drug-likeness (QED) is 0.684. The fourth-order valence-corrected chi connectivity index (χ4v) is 4.80.